The summed E-state index contributed by atoms with van der Waals surface area (Å²) < 4.78 is 6.32. The van der Waals surface area contributed by atoms with E-state index >= 15 is 0 Å². The highest BCUT2D eigenvalue weighted by molar-refractivity contribution is 6.35. The first kappa shape index (κ1) is 20.5. The van der Waals surface area contributed by atoms with Gasteiger partial charge >= 0.3 is 0 Å². The van der Waals surface area contributed by atoms with Gasteiger partial charge < -0.3 is 4.74 Å². The van der Waals surface area contributed by atoms with E-state index < -0.39 is 41.0 Å². The van der Waals surface area contributed by atoms with Crippen LogP contribution in [0.2, 0.25) is 0 Å². The quantitative estimate of drug-likeness (QED) is 0.521. The molecule has 168 valence electrons. The van der Waals surface area contributed by atoms with E-state index in [-0.39, 0.29) is 23.1 Å². The molecule has 0 bridgehead atoms. The number of benzene rings is 2. The highest BCUT2D eigenvalue weighted by atomic mass is 16.5. The molecule has 2 aliphatic carbocycles. The Morgan fingerprint density at radius 1 is 0.818 bits per heavy atom. The average Bonchev–Trinajstić information content (AvgIpc) is 3.40. The van der Waals surface area contributed by atoms with Gasteiger partial charge in [-0.1, -0.05) is 73.4 Å². The Hall–Kier alpha value is -3.12. The Kier molecular flexibility index (Phi) is 4.46. The minimum atomic E-state index is -1.97. The lowest BCUT2D eigenvalue weighted by atomic mass is 9.77. The first-order valence-corrected chi connectivity index (χ1v) is 11.7. The summed E-state index contributed by atoms with van der Waals surface area (Å²) in [7, 11) is 0. The second kappa shape index (κ2) is 7.19. The molecule has 33 heavy (non-hydrogen) atoms. The van der Waals surface area contributed by atoms with E-state index in [0.717, 1.165) is 37.7 Å². The maximum atomic E-state index is 13.9. The van der Waals surface area contributed by atoms with Gasteiger partial charge in [-0.15, -0.1) is 0 Å². The zero-order valence-electron chi connectivity index (χ0n) is 18.5. The number of ether oxygens (including phenoxy) is 1. The summed E-state index contributed by atoms with van der Waals surface area (Å²) in [6, 6.07) is 13.9. The highest BCUT2D eigenvalue weighted by Gasteiger charge is 2.75. The molecule has 0 radical (unpaired) electrons. The molecule has 0 unspecified atom stereocenters. The fourth-order valence-electron chi connectivity index (χ4n) is 6.30. The van der Waals surface area contributed by atoms with Crippen molar-refractivity contribution in [2.75, 3.05) is 0 Å². The summed E-state index contributed by atoms with van der Waals surface area (Å²) in [5.74, 6) is -3.76. The van der Waals surface area contributed by atoms with Crippen molar-refractivity contribution < 1.29 is 23.9 Å². The number of carbonyl (C=O) groups is 4. The van der Waals surface area contributed by atoms with Crippen molar-refractivity contribution in [2.24, 2.45) is 11.8 Å². The molecular weight excluding hydrogens is 418 g/mol. The van der Waals surface area contributed by atoms with Gasteiger partial charge in [0.05, 0.1) is 17.9 Å². The summed E-state index contributed by atoms with van der Waals surface area (Å²) in [6.45, 7) is 1.96. The zero-order chi connectivity index (χ0) is 22.9. The first-order chi connectivity index (χ1) is 15.9. The van der Waals surface area contributed by atoms with Crippen LogP contribution in [-0.4, -0.2) is 39.9 Å². The van der Waals surface area contributed by atoms with Crippen LogP contribution in [0.1, 0.15) is 70.1 Å². The predicted molar refractivity (Wildman–Crippen MR) is 119 cm³/mol. The van der Waals surface area contributed by atoms with Crippen LogP contribution in [0.5, 0.6) is 0 Å². The Balaban J connectivity index is 1.50. The molecule has 2 heterocycles. The molecule has 2 amide bonds. The van der Waals surface area contributed by atoms with Crippen molar-refractivity contribution >= 4 is 23.4 Å². The Morgan fingerprint density at radius 3 is 2.03 bits per heavy atom. The fourth-order valence-corrected chi connectivity index (χ4v) is 6.30. The number of nitrogens with zero attached hydrogens (tertiary/aromatic N) is 1. The van der Waals surface area contributed by atoms with Gasteiger partial charge in [-0.25, -0.2) is 0 Å². The topological polar surface area (TPSA) is 80.8 Å². The number of Topliss-reactive ketones (excluding diaryl/α,β-unsaturated/α-hetero) is 2. The van der Waals surface area contributed by atoms with Crippen molar-refractivity contribution in [3.05, 3.63) is 70.8 Å². The van der Waals surface area contributed by atoms with Crippen LogP contribution < -0.4 is 0 Å². The minimum absolute atomic E-state index is 0.172. The standard InChI is InChI=1S/C27H25NO5/c1-15-11-13-16(14-12-15)22-20-21(26(32)28(25(20)31)17-7-3-2-4-8-17)27(33-22)23(29)18-9-5-6-10-19(18)24(27)30/h5-6,9-14,17,20-22H,2-4,7-8H2,1H3/t20-,21+,22+/m1/s1. The van der Waals surface area contributed by atoms with Gasteiger partial charge in [0.1, 0.15) is 0 Å². The number of hydrogen-bond acceptors (Lipinski definition) is 5. The molecule has 2 saturated heterocycles. The lowest BCUT2D eigenvalue weighted by Crippen LogP contribution is -2.52. The third-order valence-corrected chi connectivity index (χ3v) is 7.90. The van der Waals surface area contributed by atoms with E-state index in [1.807, 2.05) is 31.2 Å². The number of ketones is 2. The van der Waals surface area contributed by atoms with Gasteiger partial charge in [0.15, 0.2) is 0 Å². The summed E-state index contributed by atoms with van der Waals surface area (Å²) in [5.41, 5.74) is 0.307. The molecule has 2 aromatic rings. The van der Waals surface area contributed by atoms with E-state index in [1.54, 1.807) is 24.3 Å². The average molecular weight is 443 g/mol. The SMILES string of the molecule is Cc1ccc([C@@H]2OC3(C(=O)c4ccccc4C3=O)[C@@H]3C(=O)N(C4CCCCC4)C(=O)[C@H]32)cc1. The maximum absolute atomic E-state index is 13.9. The summed E-state index contributed by atoms with van der Waals surface area (Å²) >= 11 is 0. The first-order valence-electron chi connectivity index (χ1n) is 11.7. The third kappa shape index (κ3) is 2.64. The number of imide groups is 1. The molecule has 1 saturated carbocycles. The summed E-state index contributed by atoms with van der Waals surface area (Å²) in [4.78, 5) is 56.4. The van der Waals surface area contributed by atoms with Crippen LogP contribution in [0.4, 0.5) is 0 Å². The molecule has 0 aromatic heterocycles. The lowest BCUT2D eigenvalue weighted by molar-refractivity contribution is -0.148. The van der Waals surface area contributed by atoms with E-state index in [4.69, 9.17) is 4.74 Å². The van der Waals surface area contributed by atoms with Crippen molar-refractivity contribution in [3.63, 3.8) is 0 Å². The largest absolute Gasteiger partial charge is 0.349 e. The predicted octanol–water partition coefficient (Wildman–Crippen LogP) is 3.82. The van der Waals surface area contributed by atoms with Crippen LogP contribution in [-0.2, 0) is 14.3 Å². The molecule has 3 fully saturated rings. The van der Waals surface area contributed by atoms with Gasteiger partial charge in [0, 0.05) is 17.2 Å². The normalized spacial score (nSPS) is 28.6. The van der Waals surface area contributed by atoms with E-state index in [0.29, 0.717) is 5.56 Å². The van der Waals surface area contributed by atoms with Crippen LogP contribution in [0.15, 0.2) is 48.5 Å². The van der Waals surface area contributed by atoms with Gasteiger partial charge in [0.2, 0.25) is 29.0 Å². The number of hydrogen-bond donors (Lipinski definition) is 0. The fraction of sp³-hybridized carbons (Fsp3) is 0.407. The number of rotatable bonds is 2. The monoisotopic (exact) mass is 443 g/mol. The maximum Gasteiger partial charge on any atom is 0.237 e. The van der Waals surface area contributed by atoms with Gasteiger partial charge in [-0.3, -0.25) is 24.1 Å². The zero-order valence-corrected chi connectivity index (χ0v) is 18.5. The summed E-state index contributed by atoms with van der Waals surface area (Å²) in [6.07, 6.45) is 3.71. The van der Waals surface area contributed by atoms with E-state index in [1.165, 1.54) is 4.90 Å². The smallest absolute Gasteiger partial charge is 0.237 e. The van der Waals surface area contributed by atoms with E-state index in [9.17, 15) is 19.2 Å². The van der Waals surface area contributed by atoms with E-state index in [2.05, 4.69) is 0 Å². The van der Waals surface area contributed by atoms with Crippen molar-refractivity contribution in [2.45, 2.75) is 56.8 Å². The highest BCUT2D eigenvalue weighted by Crippen LogP contribution is 2.57. The van der Waals surface area contributed by atoms with Crippen molar-refractivity contribution in [3.8, 4) is 0 Å². The molecule has 0 N–H and O–H groups in total. The number of fused-ring (bicyclic) bond motifs is 3. The van der Waals surface area contributed by atoms with Crippen LogP contribution in [0, 0.1) is 18.8 Å². The molecule has 6 rings (SSSR count). The van der Waals surface area contributed by atoms with Crippen LogP contribution in [0.25, 0.3) is 0 Å². The van der Waals surface area contributed by atoms with Crippen molar-refractivity contribution in [1.29, 1.82) is 0 Å². The molecule has 6 heteroatoms. The Morgan fingerprint density at radius 2 is 1.42 bits per heavy atom. The van der Waals surface area contributed by atoms with Crippen LogP contribution >= 0.6 is 0 Å². The number of carbonyl (C=O) groups excluding carboxylic acids is 4. The van der Waals surface area contributed by atoms with Gasteiger partial charge in [-0.05, 0) is 25.3 Å². The molecular formula is C27H25NO5. The van der Waals surface area contributed by atoms with Gasteiger partial charge in [0.25, 0.3) is 0 Å². The molecule has 2 aliphatic heterocycles. The second-order valence-electron chi connectivity index (χ2n) is 9.73. The second-order valence-corrected chi connectivity index (χ2v) is 9.73. The molecule has 4 aliphatic rings. The minimum Gasteiger partial charge on any atom is -0.349 e. The molecule has 6 nitrogen and oxygen atoms in total. The lowest BCUT2D eigenvalue weighted by Gasteiger charge is -2.33. The van der Waals surface area contributed by atoms with Gasteiger partial charge in [-0.2, -0.15) is 0 Å². The number of aryl methyl sites for hydroxylation is 1. The number of amides is 2. The number of likely N-dealkylation sites (tertiary alicyclic amines) is 1. The molecule has 2 aromatic carbocycles. The Labute approximate surface area is 191 Å². The summed E-state index contributed by atoms with van der Waals surface area (Å²) in [5, 5.41) is 0. The Bertz CT molecular complexity index is 1160. The van der Waals surface area contributed by atoms with Crippen molar-refractivity contribution in [1.82, 2.24) is 4.90 Å². The van der Waals surface area contributed by atoms with Crippen LogP contribution in [0.3, 0.4) is 0 Å². The molecule has 1 spiro atoms. The molecule has 3 atom stereocenters. The third-order valence-electron chi connectivity index (χ3n) is 7.90.